The molecule has 0 spiro atoms. The molecule has 1 aliphatic rings. The van der Waals surface area contributed by atoms with Crippen molar-refractivity contribution in [2.45, 2.75) is 65.2 Å². The molecule has 3 heteroatoms. The van der Waals surface area contributed by atoms with Crippen LogP contribution in [0.5, 0.6) is 0 Å². The lowest BCUT2D eigenvalue weighted by Crippen LogP contribution is -2.15. The van der Waals surface area contributed by atoms with Crippen LogP contribution in [0.2, 0.25) is 0 Å². The number of unbranched alkanes of at least 4 members (excludes halogenated alkanes) is 6. The minimum Gasteiger partial charge on any atom is -0.290 e. The van der Waals surface area contributed by atoms with Crippen molar-refractivity contribution in [1.29, 1.82) is 0 Å². The lowest BCUT2D eigenvalue weighted by atomic mass is 9.94. The van der Waals surface area contributed by atoms with E-state index in [-0.39, 0.29) is 11.6 Å². The largest absolute Gasteiger partial charge is 0.290 e. The highest BCUT2D eigenvalue weighted by Crippen LogP contribution is 2.27. The summed E-state index contributed by atoms with van der Waals surface area (Å²) in [6.07, 6.45) is 10.7. The van der Waals surface area contributed by atoms with Crippen LogP contribution in [0.3, 0.4) is 0 Å². The summed E-state index contributed by atoms with van der Waals surface area (Å²) in [6.45, 7) is 3.90. The van der Waals surface area contributed by atoms with Crippen LogP contribution in [-0.2, 0) is 9.59 Å². The molecule has 0 saturated carbocycles. The van der Waals surface area contributed by atoms with E-state index in [0.29, 0.717) is 22.0 Å². The minimum atomic E-state index is -0.0439. The van der Waals surface area contributed by atoms with E-state index in [0.717, 1.165) is 12.8 Å². The summed E-state index contributed by atoms with van der Waals surface area (Å²) < 4.78 is 0.475. The number of allylic oxidation sites excluding steroid dienone is 4. The first-order chi connectivity index (χ1) is 9.07. The maximum Gasteiger partial charge on any atom is 0.196 e. The fourth-order valence-corrected chi connectivity index (χ4v) is 2.97. The third-order valence-electron chi connectivity index (χ3n) is 3.50. The van der Waals surface area contributed by atoms with Crippen LogP contribution in [0.25, 0.3) is 0 Å². The van der Waals surface area contributed by atoms with Crippen molar-refractivity contribution in [3.8, 4) is 0 Å². The SMILES string of the molecule is CCCCCCCCCC1=C(Br)C(=O)C(C)=CC1=O. The van der Waals surface area contributed by atoms with Crippen LogP contribution >= 0.6 is 15.9 Å². The standard InChI is InChI=1S/C16H23BrO2/c1-3-4-5-6-7-8-9-10-13-14(18)11-12(2)16(19)15(13)17/h11H,3-10H2,1-2H3. The zero-order valence-corrected chi connectivity index (χ0v) is 13.5. The van der Waals surface area contributed by atoms with Gasteiger partial charge in [-0.15, -0.1) is 0 Å². The summed E-state index contributed by atoms with van der Waals surface area (Å²) in [5.41, 5.74) is 1.18. The van der Waals surface area contributed by atoms with Gasteiger partial charge in [0.05, 0.1) is 4.48 Å². The van der Waals surface area contributed by atoms with Gasteiger partial charge in [0.1, 0.15) is 0 Å². The van der Waals surface area contributed by atoms with Crippen LogP contribution in [0.4, 0.5) is 0 Å². The summed E-state index contributed by atoms with van der Waals surface area (Å²) in [5, 5.41) is 0. The Hall–Kier alpha value is -0.700. The van der Waals surface area contributed by atoms with Crippen LogP contribution in [-0.4, -0.2) is 11.6 Å². The highest BCUT2D eigenvalue weighted by atomic mass is 79.9. The lowest BCUT2D eigenvalue weighted by Gasteiger charge is -2.13. The summed E-state index contributed by atoms with van der Waals surface area (Å²) >= 11 is 3.27. The van der Waals surface area contributed by atoms with E-state index in [2.05, 4.69) is 22.9 Å². The van der Waals surface area contributed by atoms with Crippen molar-refractivity contribution < 1.29 is 9.59 Å². The number of hydrogen-bond acceptors (Lipinski definition) is 2. The second-order valence-electron chi connectivity index (χ2n) is 5.18. The summed E-state index contributed by atoms with van der Waals surface area (Å²) in [4.78, 5) is 23.6. The van der Waals surface area contributed by atoms with Gasteiger partial charge in [-0.25, -0.2) is 0 Å². The Balaban J connectivity index is 2.33. The van der Waals surface area contributed by atoms with Gasteiger partial charge < -0.3 is 0 Å². The van der Waals surface area contributed by atoms with Crippen molar-refractivity contribution in [2.24, 2.45) is 0 Å². The minimum absolute atomic E-state index is 0.00467. The third-order valence-corrected chi connectivity index (χ3v) is 4.34. The predicted octanol–water partition coefficient (Wildman–Crippen LogP) is 4.87. The van der Waals surface area contributed by atoms with E-state index in [1.807, 2.05) is 0 Å². The van der Waals surface area contributed by atoms with Gasteiger partial charge in [0, 0.05) is 11.1 Å². The molecule has 0 aromatic heterocycles. The van der Waals surface area contributed by atoms with Crippen molar-refractivity contribution in [1.82, 2.24) is 0 Å². The molecule has 0 saturated heterocycles. The molecule has 0 atom stereocenters. The normalized spacial score (nSPS) is 16.1. The Bertz CT molecular complexity index is 405. The van der Waals surface area contributed by atoms with Crippen molar-refractivity contribution in [3.63, 3.8) is 0 Å². The number of Topliss-reactive ketones (excluding diaryl/α,β-unsaturated/α-hetero) is 1. The smallest absolute Gasteiger partial charge is 0.196 e. The molecule has 1 aliphatic carbocycles. The molecule has 0 amide bonds. The van der Waals surface area contributed by atoms with E-state index in [9.17, 15) is 9.59 Å². The number of rotatable bonds is 8. The molecule has 2 nitrogen and oxygen atoms in total. The molecule has 0 aromatic carbocycles. The summed E-state index contributed by atoms with van der Waals surface area (Å²) in [6, 6.07) is 0. The van der Waals surface area contributed by atoms with Crippen molar-refractivity contribution in [3.05, 3.63) is 21.7 Å². The molecule has 0 heterocycles. The van der Waals surface area contributed by atoms with Gasteiger partial charge in [0.15, 0.2) is 11.6 Å². The zero-order chi connectivity index (χ0) is 14.3. The molecule has 0 bridgehead atoms. The number of carbonyl (C=O) groups is 2. The van der Waals surface area contributed by atoms with Crippen molar-refractivity contribution >= 4 is 27.5 Å². The monoisotopic (exact) mass is 326 g/mol. The third kappa shape index (κ3) is 5.06. The first-order valence-corrected chi connectivity index (χ1v) is 8.03. The molecular weight excluding hydrogens is 304 g/mol. The van der Waals surface area contributed by atoms with Gasteiger partial charge in [-0.3, -0.25) is 9.59 Å². The average molecular weight is 327 g/mol. The van der Waals surface area contributed by atoms with E-state index >= 15 is 0 Å². The van der Waals surface area contributed by atoms with E-state index in [4.69, 9.17) is 0 Å². The maximum absolute atomic E-state index is 11.8. The lowest BCUT2D eigenvalue weighted by molar-refractivity contribution is -0.115. The Morgan fingerprint density at radius 3 is 2.21 bits per heavy atom. The molecule has 106 valence electrons. The fourth-order valence-electron chi connectivity index (χ4n) is 2.26. The van der Waals surface area contributed by atoms with Crippen LogP contribution < -0.4 is 0 Å². The Kier molecular flexibility index (Phi) is 7.29. The van der Waals surface area contributed by atoms with Gasteiger partial charge in [0.2, 0.25) is 0 Å². The first-order valence-electron chi connectivity index (χ1n) is 7.24. The molecule has 0 aromatic rings. The average Bonchev–Trinajstić information content (AvgIpc) is 2.38. The van der Waals surface area contributed by atoms with Crippen LogP contribution in [0.1, 0.15) is 65.2 Å². The topological polar surface area (TPSA) is 34.1 Å². The van der Waals surface area contributed by atoms with Crippen molar-refractivity contribution in [2.75, 3.05) is 0 Å². The number of carbonyl (C=O) groups excluding carboxylic acids is 2. The second kappa shape index (κ2) is 8.47. The fraction of sp³-hybridized carbons (Fsp3) is 0.625. The molecule has 19 heavy (non-hydrogen) atoms. The Labute approximate surface area is 124 Å². The molecule has 0 aliphatic heterocycles. The van der Waals surface area contributed by atoms with E-state index in [1.165, 1.54) is 38.2 Å². The van der Waals surface area contributed by atoms with Gasteiger partial charge in [-0.1, -0.05) is 45.4 Å². The summed E-state index contributed by atoms with van der Waals surface area (Å²) in [7, 11) is 0. The molecule has 0 unspecified atom stereocenters. The number of ketones is 2. The quantitative estimate of drug-likeness (QED) is 0.470. The summed E-state index contributed by atoms with van der Waals surface area (Å²) in [5.74, 6) is -0.0486. The highest BCUT2D eigenvalue weighted by Gasteiger charge is 2.23. The van der Waals surface area contributed by atoms with Gasteiger partial charge in [-0.05, 0) is 41.8 Å². The predicted molar refractivity (Wildman–Crippen MR) is 82.3 cm³/mol. The molecular formula is C16H23BrO2. The van der Waals surface area contributed by atoms with Gasteiger partial charge in [0.25, 0.3) is 0 Å². The van der Waals surface area contributed by atoms with E-state index in [1.54, 1.807) is 6.92 Å². The molecule has 0 radical (unpaired) electrons. The number of halogens is 1. The zero-order valence-electron chi connectivity index (χ0n) is 11.9. The van der Waals surface area contributed by atoms with Crippen LogP contribution in [0, 0.1) is 0 Å². The second-order valence-corrected chi connectivity index (χ2v) is 5.98. The first kappa shape index (κ1) is 16.4. The Morgan fingerprint density at radius 2 is 1.58 bits per heavy atom. The van der Waals surface area contributed by atoms with Crippen LogP contribution in [0.15, 0.2) is 21.7 Å². The highest BCUT2D eigenvalue weighted by molar-refractivity contribution is 9.12. The number of hydrogen-bond donors (Lipinski definition) is 0. The van der Waals surface area contributed by atoms with Gasteiger partial charge >= 0.3 is 0 Å². The van der Waals surface area contributed by atoms with E-state index < -0.39 is 0 Å². The van der Waals surface area contributed by atoms with Gasteiger partial charge in [-0.2, -0.15) is 0 Å². The molecule has 0 N–H and O–H groups in total. The Morgan fingerprint density at radius 1 is 1.00 bits per heavy atom. The molecule has 1 rings (SSSR count). The maximum atomic E-state index is 11.8. The molecule has 0 fully saturated rings.